The molecule has 3 aromatic rings. The first-order valence-electron chi connectivity index (χ1n) is 7.64. The number of rotatable bonds is 6. The fourth-order valence-electron chi connectivity index (χ4n) is 2.14. The van der Waals surface area contributed by atoms with Crippen molar-refractivity contribution in [1.82, 2.24) is 0 Å². The largest absolute Gasteiger partial charge is 0.497 e. The van der Waals surface area contributed by atoms with E-state index in [9.17, 15) is 0 Å². The SMILES string of the molecule is COc1ccc(/C(=C\Sc2ccccc2)Sc2ccccc2)cc1. The molecule has 0 spiro atoms. The molecule has 3 rings (SSSR count). The van der Waals surface area contributed by atoms with Crippen LogP contribution in [0, 0.1) is 0 Å². The Morgan fingerprint density at radius 3 is 1.92 bits per heavy atom. The van der Waals surface area contributed by atoms with E-state index < -0.39 is 0 Å². The van der Waals surface area contributed by atoms with E-state index in [4.69, 9.17) is 4.74 Å². The highest BCUT2D eigenvalue weighted by molar-refractivity contribution is 8.10. The van der Waals surface area contributed by atoms with Gasteiger partial charge in [-0.3, -0.25) is 0 Å². The van der Waals surface area contributed by atoms with Crippen molar-refractivity contribution < 1.29 is 4.74 Å². The van der Waals surface area contributed by atoms with Gasteiger partial charge in [0.1, 0.15) is 5.75 Å². The van der Waals surface area contributed by atoms with Crippen LogP contribution in [0.15, 0.2) is 100 Å². The first-order chi connectivity index (χ1) is 11.8. The van der Waals surface area contributed by atoms with Gasteiger partial charge in [0.2, 0.25) is 0 Å². The first-order valence-corrected chi connectivity index (χ1v) is 9.34. The molecule has 0 aromatic heterocycles. The Kier molecular flexibility index (Phi) is 6.05. The van der Waals surface area contributed by atoms with Crippen LogP contribution in [0.3, 0.4) is 0 Å². The van der Waals surface area contributed by atoms with Gasteiger partial charge in [-0.15, -0.1) is 0 Å². The summed E-state index contributed by atoms with van der Waals surface area (Å²) >= 11 is 3.51. The van der Waals surface area contributed by atoms with Gasteiger partial charge in [0.05, 0.1) is 7.11 Å². The first kappa shape index (κ1) is 16.7. The maximum absolute atomic E-state index is 5.27. The molecule has 3 aromatic carbocycles. The molecular formula is C21H18OS2. The number of benzene rings is 3. The van der Waals surface area contributed by atoms with E-state index in [1.165, 1.54) is 20.3 Å². The molecule has 0 saturated heterocycles. The molecule has 0 aliphatic carbocycles. The molecule has 24 heavy (non-hydrogen) atoms. The molecule has 0 radical (unpaired) electrons. The molecular weight excluding hydrogens is 332 g/mol. The molecule has 0 unspecified atom stereocenters. The predicted molar refractivity (Wildman–Crippen MR) is 106 cm³/mol. The molecule has 1 nitrogen and oxygen atoms in total. The van der Waals surface area contributed by atoms with Gasteiger partial charge in [-0.2, -0.15) is 0 Å². The highest BCUT2D eigenvalue weighted by Crippen LogP contribution is 2.37. The third-order valence-corrected chi connectivity index (χ3v) is 5.52. The fourth-order valence-corrected chi connectivity index (χ4v) is 3.97. The summed E-state index contributed by atoms with van der Waals surface area (Å²) in [6, 6.07) is 29.1. The average Bonchev–Trinajstić information content (AvgIpc) is 2.67. The second kappa shape index (κ2) is 8.67. The van der Waals surface area contributed by atoms with Crippen LogP contribution in [0.4, 0.5) is 0 Å². The van der Waals surface area contributed by atoms with Crippen LogP contribution in [0.25, 0.3) is 4.91 Å². The van der Waals surface area contributed by atoms with E-state index >= 15 is 0 Å². The standard InChI is InChI=1S/C21H18OS2/c1-22-18-14-12-17(13-15-18)21(24-20-10-6-3-7-11-20)16-23-19-8-4-2-5-9-19/h2-16H,1H3/b21-16+. The van der Waals surface area contributed by atoms with Crippen molar-refractivity contribution in [2.75, 3.05) is 7.11 Å². The van der Waals surface area contributed by atoms with E-state index in [0.717, 1.165) is 5.75 Å². The molecule has 0 saturated carbocycles. The van der Waals surface area contributed by atoms with Crippen LogP contribution in [0.5, 0.6) is 5.75 Å². The van der Waals surface area contributed by atoms with Crippen molar-refractivity contribution in [3.63, 3.8) is 0 Å². The van der Waals surface area contributed by atoms with E-state index in [1.807, 2.05) is 24.3 Å². The topological polar surface area (TPSA) is 9.23 Å². The lowest BCUT2D eigenvalue weighted by Crippen LogP contribution is -1.84. The van der Waals surface area contributed by atoms with Crippen LogP contribution >= 0.6 is 23.5 Å². The summed E-state index contributed by atoms with van der Waals surface area (Å²) in [4.78, 5) is 3.68. The van der Waals surface area contributed by atoms with Gasteiger partial charge in [-0.25, -0.2) is 0 Å². The maximum atomic E-state index is 5.27. The van der Waals surface area contributed by atoms with Crippen molar-refractivity contribution in [1.29, 1.82) is 0 Å². The van der Waals surface area contributed by atoms with Gasteiger partial charge in [0.15, 0.2) is 0 Å². The number of hydrogen-bond donors (Lipinski definition) is 0. The molecule has 0 N–H and O–H groups in total. The lowest BCUT2D eigenvalue weighted by atomic mass is 10.2. The molecule has 0 fully saturated rings. The van der Waals surface area contributed by atoms with E-state index in [0.29, 0.717) is 0 Å². The van der Waals surface area contributed by atoms with E-state index in [-0.39, 0.29) is 0 Å². The van der Waals surface area contributed by atoms with Gasteiger partial charge in [0, 0.05) is 14.7 Å². The monoisotopic (exact) mass is 350 g/mol. The fraction of sp³-hybridized carbons (Fsp3) is 0.0476. The Bertz CT molecular complexity index is 781. The minimum Gasteiger partial charge on any atom is -0.497 e. The minimum absolute atomic E-state index is 0.874. The maximum Gasteiger partial charge on any atom is 0.118 e. The molecule has 0 bridgehead atoms. The second-order valence-electron chi connectivity index (χ2n) is 5.06. The van der Waals surface area contributed by atoms with Crippen molar-refractivity contribution in [3.05, 3.63) is 95.9 Å². The van der Waals surface area contributed by atoms with Gasteiger partial charge in [0.25, 0.3) is 0 Å². The minimum atomic E-state index is 0.874. The summed E-state index contributed by atoms with van der Waals surface area (Å²) < 4.78 is 5.27. The number of thioether (sulfide) groups is 2. The Labute approximate surface area is 151 Å². The van der Waals surface area contributed by atoms with Crippen LogP contribution < -0.4 is 4.74 Å². The summed E-state index contributed by atoms with van der Waals surface area (Å²) in [5, 5.41) is 2.22. The average molecular weight is 351 g/mol. The quantitative estimate of drug-likeness (QED) is 0.465. The summed E-state index contributed by atoms with van der Waals surface area (Å²) in [6.07, 6.45) is 0. The Hall–Kier alpha value is -2.10. The van der Waals surface area contributed by atoms with Gasteiger partial charge < -0.3 is 4.74 Å². The number of hydrogen-bond acceptors (Lipinski definition) is 3. The zero-order chi connectivity index (χ0) is 16.6. The molecule has 0 amide bonds. The lowest BCUT2D eigenvalue weighted by molar-refractivity contribution is 0.415. The summed E-state index contributed by atoms with van der Waals surface area (Å²) in [5.74, 6) is 0.874. The zero-order valence-electron chi connectivity index (χ0n) is 13.4. The molecule has 0 atom stereocenters. The molecule has 0 heterocycles. The molecule has 0 aliphatic rings. The summed E-state index contributed by atoms with van der Waals surface area (Å²) in [7, 11) is 1.69. The normalized spacial score (nSPS) is 11.3. The Morgan fingerprint density at radius 2 is 1.33 bits per heavy atom. The zero-order valence-corrected chi connectivity index (χ0v) is 15.0. The summed E-state index contributed by atoms with van der Waals surface area (Å²) in [5.41, 5.74) is 1.19. The van der Waals surface area contributed by atoms with Crippen LogP contribution in [-0.4, -0.2) is 7.11 Å². The van der Waals surface area contributed by atoms with E-state index in [2.05, 4.69) is 66.1 Å². The third kappa shape index (κ3) is 4.70. The smallest absolute Gasteiger partial charge is 0.118 e. The molecule has 120 valence electrons. The second-order valence-corrected chi connectivity index (χ2v) is 7.11. The van der Waals surface area contributed by atoms with Crippen molar-refractivity contribution in [3.8, 4) is 5.75 Å². The predicted octanol–water partition coefficient (Wildman–Crippen LogP) is 6.58. The van der Waals surface area contributed by atoms with E-state index in [1.54, 1.807) is 30.6 Å². The number of methoxy groups -OCH3 is 1. The van der Waals surface area contributed by atoms with Gasteiger partial charge in [-0.05, 0) is 47.4 Å². The molecule has 3 heteroatoms. The van der Waals surface area contributed by atoms with Gasteiger partial charge in [-0.1, -0.05) is 72.1 Å². The van der Waals surface area contributed by atoms with Crippen LogP contribution in [0.1, 0.15) is 5.56 Å². The van der Waals surface area contributed by atoms with Crippen molar-refractivity contribution in [2.45, 2.75) is 9.79 Å². The Balaban J connectivity index is 1.87. The molecule has 0 aliphatic heterocycles. The van der Waals surface area contributed by atoms with Crippen molar-refractivity contribution >= 4 is 28.4 Å². The highest BCUT2D eigenvalue weighted by Gasteiger charge is 2.05. The van der Waals surface area contributed by atoms with Crippen molar-refractivity contribution in [2.24, 2.45) is 0 Å². The third-order valence-electron chi connectivity index (χ3n) is 3.39. The van der Waals surface area contributed by atoms with Crippen LogP contribution in [0.2, 0.25) is 0 Å². The lowest BCUT2D eigenvalue weighted by Gasteiger charge is -2.09. The van der Waals surface area contributed by atoms with Crippen LogP contribution in [-0.2, 0) is 0 Å². The number of ether oxygens (including phenoxy) is 1. The Morgan fingerprint density at radius 1 is 0.750 bits per heavy atom. The summed E-state index contributed by atoms with van der Waals surface area (Å²) in [6.45, 7) is 0. The highest BCUT2D eigenvalue weighted by atomic mass is 32.2. The van der Waals surface area contributed by atoms with Gasteiger partial charge >= 0.3 is 0 Å².